The number of rotatable bonds is 6. The molecule has 0 saturated heterocycles. The predicted octanol–water partition coefficient (Wildman–Crippen LogP) is 3.88. The Morgan fingerprint density at radius 3 is 2.50 bits per heavy atom. The van der Waals surface area contributed by atoms with Gasteiger partial charge in [0.2, 0.25) is 0 Å². The Morgan fingerprint density at radius 2 is 1.77 bits per heavy atom. The van der Waals surface area contributed by atoms with Crippen molar-refractivity contribution in [2.24, 2.45) is 5.73 Å². The number of nitrogens with two attached hydrogens (primary N) is 1. The molecule has 1 aliphatic rings. The van der Waals surface area contributed by atoms with Crippen LogP contribution in [0.1, 0.15) is 28.8 Å². The first-order chi connectivity index (χ1) is 14.7. The number of para-hydroxylation sites is 1. The summed E-state index contributed by atoms with van der Waals surface area (Å²) in [5.41, 5.74) is 7.62. The number of aromatic nitrogens is 3. The fourth-order valence-corrected chi connectivity index (χ4v) is 3.68. The summed E-state index contributed by atoms with van der Waals surface area (Å²) in [6.45, 7) is 0. The standard InChI is InChI=1S/C23H21N5O2/c24-15-10-16(11-15)28-23-20-19(12-25-22(20)26-13-27-23)21(29)14-6-8-18(9-7-14)30-17-4-2-1-3-5-17/h1-9,12-13,15-16H,10-11,24H2,(H2,25,26,27,28). The maximum Gasteiger partial charge on any atom is 0.195 e. The van der Waals surface area contributed by atoms with Gasteiger partial charge in [-0.1, -0.05) is 18.2 Å². The molecule has 1 saturated carbocycles. The number of carbonyl (C=O) groups excluding carboxylic acids is 1. The molecule has 1 fully saturated rings. The van der Waals surface area contributed by atoms with Crippen LogP contribution in [0.2, 0.25) is 0 Å². The molecule has 4 N–H and O–H groups in total. The maximum absolute atomic E-state index is 13.2. The third-order valence-corrected chi connectivity index (χ3v) is 5.33. The molecule has 4 aromatic rings. The van der Waals surface area contributed by atoms with E-state index in [1.165, 1.54) is 6.33 Å². The third-order valence-electron chi connectivity index (χ3n) is 5.33. The summed E-state index contributed by atoms with van der Waals surface area (Å²) >= 11 is 0. The minimum atomic E-state index is -0.101. The van der Waals surface area contributed by atoms with Crippen LogP contribution in [0.25, 0.3) is 11.0 Å². The van der Waals surface area contributed by atoms with Crippen molar-refractivity contribution in [1.82, 2.24) is 15.0 Å². The fourth-order valence-electron chi connectivity index (χ4n) is 3.68. The van der Waals surface area contributed by atoms with Crippen molar-refractivity contribution in [2.45, 2.75) is 24.9 Å². The van der Waals surface area contributed by atoms with Crippen LogP contribution in [0, 0.1) is 0 Å². The van der Waals surface area contributed by atoms with Crippen LogP contribution in [0.4, 0.5) is 5.82 Å². The zero-order valence-electron chi connectivity index (χ0n) is 16.2. The molecule has 0 amide bonds. The van der Waals surface area contributed by atoms with Gasteiger partial charge in [0.1, 0.15) is 29.3 Å². The van der Waals surface area contributed by atoms with Gasteiger partial charge in [-0.2, -0.15) is 0 Å². The second-order valence-corrected chi connectivity index (χ2v) is 7.49. The largest absolute Gasteiger partial charge is 0.457 e. The lowest BCUT2D eigenvalue weighted by Gasteiger charge is -2.33. The molecule has 0 radical (unpaired) electrons. The van der Waals surface area contributed by atoms with E-state index in [9.17, 15) is 4.79 Å². The van der Waals surface area contributed by atoms with Gasteiger partial charge in [-0.05, 0) is 49.2 Å². The highest BCUT2D eigenvalue weighted by Gasteiger charge is 2.27. The van der Waals surface area contributed by atoms with Gasteiger partial charge in [0, 0.05) is 23.8 Å². The van der Waals surface area contributed by atoms with Crippen LogP contribution in [0.3, 0.4) is 0 Å². The highest BCUT2D eigenvalue weighted by Crippen LogP contribution is 2.30. The molecule has 7 nitrogen and oxygen atoms in total. The Morgan fingerprint density at radius 1 is 1.03 bits per heavy atom. The van der Waals surface area contributed by atoms with E-state index >= 15 is 0 Å². The number of ether oxygens (including phenoxy) is 1. The normalized spacial score (nSPS) is 18.0. The van der Waals surface area contributed by atoms with Crippen molar-refractivity contribution < 1.29 is 9.53 Å². The number of H-pyrrole nitrogens is 1. The monoisotopic (exact) mass is 399 g/mol. The molecular weight excluding hydrogens is 378 g/mol. The van der Waals surface area contributed by atoms with Gasteiger partial charge in [-0.25, -0.2) is 9.97 Å². The topological polar surface area (TPSA) is 106 Å². The number of nitrogens with zero attached hydrogens (tertiary/aromatic N) is 2. The van der Waals surface area contributed by atoms with Crippen LogP contribution < -0.4 is 15.8 Å². The van der Waals surface area contributed by atoms with Crippen LogP contribution in [0.15, 0.2) is 67.1 Å². The predicted molar refractivity (Wildman–Crippen MR) is 115 cm³/mol. The molecule has 0 spiro atoms. The second kappa shape index (κ2) is 7.61. The molecule has 2 heterocycles. The van der Waals surface area contributed by atoms with Gasteiger partial charge in [0.25, 0.3) is 0 Å². The zero-order chi connectivity index (χ0) is 20.5. The molecule has 0 unspecified atom stereocenters. The average molecular weight is 399 g/mol. The smallest absolute Gasteiger partial charge is 0.195 e. The van der Waals surface area contributed by atoms with Crippen molar-refractivity contribution in [2.75, 3.05) is 5.32 Å². The number of fused-ring (bicyclic) bond motifs is 1. The number of hydrogen-bond acceptors (Lipinski definition) is 6. The fraction of sp³-hybridized carbons (Fsp3) is 0.174. The number of anilines is 1. The van der Waals surface area contributed by atoms with Gasteiger partial charge in [0.15, 0.2) is 5.78 Å². The van der Waals surface area contributed by atoms with Gasteiger partial charge in [-0.3, -0.25) is 4.79 Å². The van der Waals surface area contributed by atoms with Crippen molar-refractivity contribution in [3.63, 3.8) is 0 Å². The number of hydrogen-bond donors (Lipinski definition) is 3. The van der Waals surface area contributed by atoms with Crippen molar-refractivity contribution in [3.8, 4) is 11.5 Å². The van der Waals surface area contributed by atoms with Crippen molar-refractivity contribution in [3.05, 3.63) is 78.2 Å². The first kappa shape index (κ1) is 18.3. The van der Waals surface area contributed by atoms with E-state index in [-0.39, 0.29) is 17.9 Å². The number of carbonyl (C=O) groups is 1. The Bertz CT molecular complexity index is 1180. The molecule has 0 bridgehead atoms. The van der Waals surface area contributed by atoms with Crippen LogP contribution in [0.5, 0.6) is 11.5 Å². The summed E-state index contributed by atoms with van der Waals surface area (Å²) in [6.07, 6.45) is 4.96. The molecule has 2 aromatic heterocycles. The average Bonchev–Trinajstić information content (AvgIpc) is 3.19. The molecule has 1 aliphatic carbocycles. The number of ketones is 1. The van der Waals surface area contributed by atoms with Gasteiger partial charge < -0.3 is 20.8 Å². The second-order valence-electron chi connectivity index (χ2n) is 7.49. The SMILES string of the molecule is NC1CC(Nc2ncnc3[nH]cc(C(=O)c4ccc(Oc5ccccc5)cc4)c23)C1. The summed E-state index contributed by atoms with van der Waals surface area (Å²) in [6, 6.07) is 17.1. The first-order valence-electron chi connectivity index (χ1n) is 9.89. The van der Waals surface area contributed by atoms with E-state index in [2.05, 4.69) is 20.3 Å². The summed E-state index contributed by atoms with van der Waals surface area (Å²) in [5, 5.41) is 4.10. The molecular formula is C23H21N5O2. The minimum absolute atomic E-state index is 0.101. The molecule has 2 aromatic carbocycles. The first-order valence-corrected chi connectivity index (χ1v) is 9.89. The number of aromatic amines is 1. The van der Waals surface area contributed by atoms with Gasteiger partial charge in [0.05, 0.1) is 10.9 Å². The van der Waals surface area contributed by atoms with E-state index in [4.69, 9.17) is 10.5 Å². The summed E-state index contributed by atoms with van der Waals surface area (Å²) in [5.74, 6) is 1.97. The van der Waals surface area contributed by atoms with E-state index < -0.39 is 0 Å². The highest BCUT2D eigenvalue weighted by atomic mass is 16.5. The van der Waals surface area contributed by atoms with Gasteiger partial charge >= 0.3 is 0 Å². The Kier molecular flexibility index (Phi) is 4.65. The van der Waals surface area contributed by atoms with E-state index in [1.807, 2.05) is 30.3 Å². The Balaban J connectivity index is 1.40. The lowest BCUT2D eigenvalue weighted by atomic mass is 9.87. The molecule has 150 valence electrons. The summed E-state index contributed by atoms with van der Waals surface area (Å²) in [4.78, 5) is 24.9. The number of nitrogens with one attached hydrogen (secondary N) is 2. The lowest BCUT2D eigenvalue weighted by Crippen LogP contribution is -2.44. The zero-order valence-corrected chi connectivity index (χ0v) is 16.2. The van der Waals surface area contributed by atoms with Gasteiger partial charge in [-0.15, -0.1) is 0 Å². The van der Waals surface area contributed by atoms with Crippen LogP contribution in [-0.2, 0) is 0 Å². The van der Waals surface area contributed by atoms with E-state index in [1.54, 1.807) is 30.5 Å². The molecule has 5 rings (SSSR count). The number of benzene rings is 2. The van der Waals surface area contributed by atoms with Crippen molar-refractivity contribution in [1.29, 1.82) is 0 Å². The van der Waals surface area contributed by atoms with Crippen molar-refractivity contribution >= 4 is 22.6 Å². The Hall–Kier alpha value is -3.71. The molecule has 7 heteroatoms. The maximum atomic E-state index is 13.2. The molecule has 30 heavy (non-hydrogen) atoms. The molecule has 0 aliphatic heterocycles. The molecule has 0 atom stereocenters. The highest BCUT2D eigenvalue weighted by molar-refractivity contribution is 6.18. The summed E-state index contributed by atoms with van der Waals surface area (Å²) in [7, 11) is 0. The minimum Gasteiger partial charge on any atom is -0.457 e. The third kappa shape index (κ3) is 3.51. The van der Waals surface area contributed by atoms with Crippen LogP contribution in [-0.4, -0.2) is 32.8 Å². The summed E-state index contributed by atoms with van der Waals surface area (Å²) < 4.78 is 5.81. The Labute approximate surface area is 173 Å². The van der Waals surface area contributed by atoms with Crippen LogP contribution >= 0.6 is 0 Å². The van der Waals surface area contributed by atoms with E-state index in [0.29, 0.717) is 33.7 Å². The van der Waals surface area contributed by atoms with E-state index in [0.717, 1.165) is 18.6 Å². The quantitative estimate of drug-likeness (QED) is 0.425. The lowest BCUT2D eigenvalue weighted by molar-refractivity contribution is 0.104.